The maximum Gasteiger partial charge on any atom is 0.269 e. The van der Waals surface area contributed by atoms with Crippen LogP contribution in [0.1, 0.15) is 10.4 Å². The van der Waals surface area contributed by atoms with Crippen LogP contribution in [0.4, 0.5) is 5.69 Å². The highest BCUT2D eigenvalue weighted by molar-refractivity contribution is 7.13. The average molecular weight is 400 g/mol. The first-order valence-corrected chi connectivity index (χ1v) is 8.90. The number of nitro groups is 1. The Labute approximate surface area is 164 Å². The number of hydrogen-bond acceptors (Lipinski definition) is 8. The molecule has 0 bridgehead atoms. The third-order valence-electron chi connectivity index (χ3n) is 4.07. The molecule has 0 aliphatic heterocycles. The predicted molar refractivity (Wildman–Crippen MR) is 105 cm³/mol. The number of aromatic nitrogens is 1. The van der Waals surface area contributed by atoms with Crippen LogP contribution < -0.4 is 14.2 Å². The Bertz CT molecular complexity index is 1030. The van der Waals surface area contributed by atoms with E-state index in [1.807, 2.05) is 0 Å². The third kappa shape index (κ3) is 3.39. The van der Waals surface area contributed by atoms with E-state index in [1.54, 1.807) is 23.6 Å². The van der Waals surface area contributed by atoms with E-state index in [2.05, 4.69) is 4.98 Å². The van der Waals surface area contributed by atoms with Gasteiger partial charge in [0.25, 0.3) is 5.69 Å². The molecule has 0 aliphatic carbocycles. The van der Waals surface area contributed by atoms with Gasteiger partial charge in [0.15, 0.2) is 17.8 Å². The summed E-state index contributed by atoms with van der Waals surface area (Å²) in [6.07, 6.45) is 0.699. The summed E-state index contributed by atoms with van der Waals surface area (Å²) in [4.78, 5) is 26.6. The molecule has 3 rings (SSSR count). The zero-order chi connectivity index (χ0) is 20.3. The molecule has 0 aliphatic rings. The van der Waals surface area contributed by atoms with Gasteiger partial charge in [-0.3, -0.25) is 14.9 Å². The van der Waals surface area contributed by atoms with Gasteiger partial charge in [-0.25, -0.2) is 4.98 Å². The summed E-state index contributed by atoms with van der Waals surface area (Å²) in [5, 5.41) is 13.3. The van der Waals surface area contributed by atoms with Crippen molar-refractivity contribution in [2.24, 2.45) is 0 Å². The van der Waals surface area contributed by atoms with Crippen LogP contribution in [0.25, 0.3) is 21.8 Å². The van der Waals surface area contributed by atoms with Gasteiger partial charge in [0.1, 0.15) is 5.01 Å². The van der Waals surface area contributed by atoms with Crippen LogP contribution in [-0.4, -0.2) is 37.5 Å². The zero-order valence-electron chi connectivity index (χ0n) is 15.3. The number of nitro benzene ring substituents is 1. The van der Waals surface area contributed by atoms with Gasteiger partial charge in [-0.15, -0.1) is 11.3 Å². The lowest BCUT2D eigenvalue weighted by atomic mass is 10.0. The Kier molecular flexibility index (Phi) is 5.55. The van der Waals surface area contributed by atoms with E-state index >= 15 is 0 Å². The quantitative estimate of drug-likeness (QED) is 0.332. The lowest BCUT2D eigenvalue weighted by Gasteiger charge is -2.16. The van der Waals surface area contributed by atoms with Crippen molar-refractivity contribution in [1.82, 2.24) is 4.98 Å². The number of benzene rings is 2. The Balaban J connectivity index is 2.12. The molecule has 2 aromatic carbocycles. The number of ether oxygens (including phenoxy) is 3. The molecule has 0 atom stereocenters. The van der Waals surface area contributed by atoms with Gasteiger partial charge in [-0.1, -0.05) is 0 Å². The second kappa shape index (κ2) is 8.05. The molecule has 0 saturated heterocycles. The molecule has 0 amide bonds. The number of rotatable bonds is 7. The van der Waals surface area contributed by atoms with E-state index in [-0.39, 0.29) is 5.69 Å². The minimum atomic E-state index is -0.456. The summed E-state index contributed by atoms with van der Waals surface area (Å²) in [5.41, 5.74) is 2.09. The summed E-state index contributed by atoms with van der Waals surface area (Å²) >= 11 is 1.35. The van der Waals surface area contributed by atoms with Crippen molar-refractivity contribution in [3.8, 4) is 39.1 Å². The van der Waals surface area contributed by atoms with Gasteiger partial charge < -0.3 is 14.2 Å². The SMILES string of the molecule is COc1cc(C=O)c(-c2csc(-c3ccc([N+](=O)[O-])cc3)n2)c(OC)c1OC. The summed E-state index contributed by atoms with van der Waals surface area (Å²) < 4.78 is 16.2. The highest BCUT2D eigenvalue weighted by Gasteiger charge is 2.23. The molecule has 144 valence electrons. The summed E-state index contributed by atoms with van der Waals surface area (Å²) in [7, 11) is 4.42. The van der Waals surface area contributed by atoms with Crippen LogP contribution in [-0.2, 0) is 0 Å². The number of hydrogen-bond donors (Lipinski definition) is 0. The first-order chi connectivity index (χ1) is 13.5. The van der Waals surface area contributed by atoms with Crippen LogP contribution in [0.5, 0.6) is 17.2 Å². The molecule has 0 radical (unpaired) electrons. The normalized spacial score (nSPS) is 10.4. The number of nitrogens with zero attached hydrogens (tertiary/aromatic N) is 2. The van der Waals surface area contributed by atoms with Gasteiger partial charge in [-0.2, -0.15) is 0 Å². The smallest absolute Gasteiger partial charge is 0.269 e. The molecule has 1 aromatic heterocycles. The Morgan fingerprint density at radius 1 is 1.07 bits per heavy atom. The van der Waals surface area contributed by atoms with Crippen molar-refractivity contribution in [3.05, 3.63) is 51.4 Å². The molecule has 8 nitrogen and oxygen atoms in total. The first-order valence-electron chi connectivity index (χ1n) is 8.02. The standard InChI is InChI=1S/C19H16N2O6S/c1-25-15-8-12(9-22)16(18(27-3)17(15)26-2)14-10-28-19(20-14)11-4-6-13(7-5-11)21(23)24/h4-10H,1-3H3. The highest BCUT2D eigenvalue weighted by Crippen LogP contribution is 2.46. The molecule has 9 heteroatoms. The van der Waals surface area contributed by atoms with Crippen LogP contribution in [0.3, 0.4) is 0 Å². The van der Waals surface area contributed by atoms with Crippen molar-refractivity contribution < 1.29 is 23.9 Å². The third-order valence-corrected chi connectivity index (χ3v) is 4.96. The topological polar surface area (TPSA) is 101 Å². The van der Waals surface area contributed by atoms with E-state index in [0.717, 1.165) is 5.56 Å². The second-order valence-corrected chi connectivity index (χ2v) is 6.43. The molecular formula is C19H16N2O6S. The van der Waals surface area contributed by atoms with Gasteiger partial charge >= 0.3 is 0 Å². The average Bonchev–Trinajstić information content (AvgIpc) is 3.21. The van der Waals surface area contributed by atoms with Crippen LogP contribution >= 0.6 is 11.3 Å². The maximum atomic E-state index is 11.7. The number of thiazole rings is 1. The van der Waals surface area contributed by atoms with Crippen molar-refractivity contribution in [1.29, 1.82) is 0 Å². The molecule has 1 heterocycles. The van der Waals surface area contributed by atoms with Gasteiger partial charge in [0.2, 0.25) is 5.75 Å². The second-order valence-electron chi connectivity index (χ2n) is 5.57. The number of carbonyl (C=O) groups is 1. The molecule has 0 fully saturated rings. The lowest BCUT2D eigenvalue weighted by Crippen LogP contribution is -2.00. The minimum Gasteiger partial charge on any atom is -0.493 e. The highest BCUT2D eigenvalue weighted by atomic mass is 32.1. The first kappa shape index (κ1) is 19.3. The van der Waals surface area contributed by atoms with Crippen molar-refractivity contribution in [2.75, 3.05) is 21.3 Å². The van der Waals surface area contributed by atoms with Crippen molar-refractivity contribution >= 4 is 23.3 Å². The molecule has 0 unspecified atom stereocenters. The fraction of sp³-hybridized carbons (Fsp3) is 0.158. The summed E-state index contributed by atoms with van der Waals surface area (Å²) in [6, 6.07) is 7.67. The van der Waals surface area contributed by atoms with Gasteiger partial charge in [0.05, 0.1) is 37.5 Å². The fourth-order valence-corrected chi connectivity index (χ4v) is 3.60. The zero-order valence-corrected chi connectivity index (χ0v) is 16.1. The number of aldehydes is 1. The Morgan fingerprint density at radius 3 is 2.29 bits per heavy atom. The molecule has 0 saturated carbocycles. The van der Waals surface area contributed by atoms with Crippen LogP contribution in [0.15, 0.2) is 35.7 Å². The molecule has 0 N–H and O–H groups in total. The minimum absolute atomic E-state index is 0.00494. The monoisotopic (exact) mass is 400 g/mol. The number of carbonyl (C=O) groups excluding carboxylic acids is 1. The number of non-ortho nitro benzene ring substituents is 1. The van der Waals surface area contributed by atoms with Crippen molar-refractivity contribution in [3.63, 3.8) is 0 Å². The van der Waals surface area contributed by atoms with E-state index < -0.39 is 4.92 Å². The van der Waals surface area contributed by atoms with Crippen LogP contribution in [0.2, 0.25) is 0 Å². The largest absolute Gasteiger partial charge is 0.493 e. The van der Waals surface area contributed by atoms with Crippen LogP contribution in [0, 0.1) is 10.1 Å². The van der Waals surface area contributed by atoms with Gasteiger partial charge in [0, 0.05) is 28.6 Å². The van der Waals surface area contributed by atoms with E-state index in [9.17, 15) is 14.9 Å². The van der Waals surface area contributed by atoms with E-state index in [0.29, 0.717) is 45.4 Å². The Hall–Kier alpha value is -3.46. The molecule has 3 aromatic rings. The van der Waals surface area contributed by atoms with E-state index in [4.69, 9.17) is 14.2 Å². The maximum absolute atomic E-state index is 11.7. The summed E-state index contributed by atoms with van der Waals surface area (Å²) in [6.45, 7) is 0. The fourth-order valence-electron chi connectivity index (χ4n) is 2.78. The molecular weight excluding hydrogens is 384 g/mol. The molecule has 28 heavy (non-hydrogen) atoms. The summed E-state index contributed by atoms with van der Waals surface area (Å²) in [5.74, 6) is 1.07. The van der Waals surface area contributed by atoms with Crippen molar-refractivity contribution in [2.45, 2.75) is 0 Å². The van der Waals surface area contributed by atoms with E-state index in [1.165, 1.54) is 44.8 Å². The van der Waals surface area contributed by atoms with Gasteiger partial charge in [-0.05, 0) is 18.2 Å². The number of methoxy groups -OCH3 is 3. The lowest BCUT2D eigenvalue weighted by molar-refractivity contribution is -0.384. The predicted octanol–water partition coefficient (Wildman–Crippen LogP) is 4.22. The molecule has 0 spiro atoms. The Morgan fingerprint density at radius 2 is 1.75 bits per heavy atom.